The molecule has 0 heterocycles. The predicted molar refractivity (Wildman–Crippen MR) is 90.9 cm³/mol. The van der Waals surface area contributed by atoms with Crippen molar-refractivity contribution >= 4 is 16.6 Å². The van der Waals surface area contributed by atoms with Crippen molar-refractivity contribution in [2.45, 2.75) is 84.2 Å². The van der Waals surface area contributed by atoms with Crippen LogP contribution >= 0.6 is 0 Å². The van der Waals surface area contributed by atoms with Crippen LogP contribution in [0.2, 0.25) is 36.3 Å². The minimum Gasteiger partial charge on any atom is -0.417 e. The lowest BCUT2D eigenvalue weighted by atomic mass is 10.2. The van der Waals surface area contributed by atoms with E-state index in [9.17, 15) is 0 Å². The Morgan fingerprint density at radius 3 is 1.11 bits per heavy atom. The van der Waals surface area contributed by atoms with E-state index in [4.69, 9.17) is 8.85 Å². The van der Waals surface area contributed by atoms with Crippen molar-refractivity contribution in [2.24, 2.45) is 0 Å². The second-order valence-corrected chi connectivity index (χ2v) is 18.2. The zero-order chi connectivity index (χ0) is 15.5. The van der Waals surface area contributed by atoms with E-state index in [2.05, 4.69) is 67.7 Å². The third-order valence-corrected chi connectivity index (χ3v) is 13.9. The van der Waals surface area contributed by atoms with Gasteiger partial charge in [0.2, 0.25) is 0 Å². The maximum atomic E-state index is 6.17. The van der Waals surface area contributed by atoms with E-state index in [0.717, 1.165) is 19.6 Å². The van der Waals surface area contributed by atoms with Gasteiger partial charge in [-0.3, -0.25) is 0 Å². The van der Waals surface area contributed by atoms with Crippen molar-refractivity contribution in [3.63, 3.8) is 0 Å². The van der Waals surface area contributed by atoms with E-state index in [1.807, 2.05) is 0 Å². The Hall–Kier alpha value is 0.354. The third-order valence-electron chi connectivity index (χ3n) is 4.83. The summed E-state index contributed by atoms with van der Waals surface area (Å²) in [7, 11) is -3.16. The first-order valence-corrected chi connectivity index (χ1v) is 13.3. The first-order valence-electron chi connectivity index (χ1n) is 7.49. The Morgan fingerprint density at radius 2 is 0.895 bits per heavy atom. The van der Waals surface area contributed by atoms with Crippen molar-refractivity contribution in [3.8, 4) is 0 Å². The maximum Gasteiger partial charge on any atom is 0.191 e. The number of hydrogen-bond donors (Lipinski definition) is 0. The smallest absolute Gasteiger partial charge is 0.191 e. The molecule has 0 N–H and O–H groups in total. The van der Waals surface area contributed by atoms with Gasteiger partial charge in [-0.05, 0) is 42.7 Å². The van der Waals surface area contributed by atoms with Crippen molar-refractivity contribution in [1.82, 2.24) is 0 Å². The minimum absolute atomic E-state index is 0.299. The van der Waals surface area contributed by atoms with Crippen molar-refractivity contribution in [3.05, 3.63) is 0 Å². The summed E-state index contributed by atoms with van der Waals surface area (Å²) >= 11 is 0. The summed E-state index contributed by atoms with van der Waals surface area (Å²) in [5.74, 6) is 0. The second kappa shape index (κ2) is 6.41. The molecule has 0 aromatic rings. The summed E-state index contributed by atoms with van der Waals surface area (Å²) in [6.45, 7) is 24.6. The number of rotatable bonds is 6. The molecular formula is C15H36O2Si2. The van der Waals surface area contributed by atoms with Crippen LogP contribution in [0.4, 0.5) is 0 Å². The molecule has 0 saturated carbocycles. The average Bonchev–Trinajstić information content (AvgIpc) is 2.12. The highest BCUT2D eigenvalue weighted by Crippen LogP contribution is 2.37. The second-order valence-electron chi connectivity index (χ2n) is 8.57. The Morgan fingerprint density at radius 1 is 0.632 bits per heavy atom. The molecule has 4 heteroatoms. The van der Waals surface area contributed by atoms with Crippen molar-refractivity contribution in [2.75, 3.05) is 13.2 Å². The molecule has 116 valence electrons. The predicted octanol–water partition coefficient (Wildman–Crippen LogP) is 5.42. The molecule has 0 amide bonds. The molecule has 2 nitrogen and oxygen atoms in total. The quantitative estimate of drug-likeness (QED) is 0.482. The topological polar surface area (TPSA) is 18.5 Å². The minimum atomic E-state index is -1.58. The average molecular weight is 305 g/mol. The lowest BCUT2D eigenvalue weighted by Crippen LogP contribution is -2.42. The van der Waals surface area contributed by atoms with Gasteiger partial charge in [-0.1, -0.05) is 41.5 Å². The fraction of sp³-hybridized carbons (Fsp3) is 1.00. The SMILES string of the molecule is CC(C)(C)[Si](C)(C)OCCCO[Si](C)(C)C(C)(C)C. The van der Waals surface area contributed by atoms with Crippen LogP contribution in [-0.2, 0) is 8.85 Å². The van der Waals surface area contributed by atoms with Gasteiger partial charge < -0.3 is 8.85 Å². The Bertz CT molecular complexity index is 245. The largest absolute Gasteiger partial charge is 0.417 e. The summed E-state index contributed by atoms with van der Waals surface area (Å²) in [6.07, 6.45) is 1.01. The molecule has 0 atom stereocenters. The van der Waals surface area contributed by atoms with Crippen LogP contribution in [0.5, 0.6) is 0 Å². The van der Waals surface area contributed by atoms with Crippen molar-refractivity contribution in [1.29, 1.82) is 0 Å². The highest BCUT2D eigenvalue weighted by molar-refractivity contribution is 6.74. The monoisotopic (exact) mass is 304 g/mol. The maximum absolute atomic E-state index is 6.17. The first-order chi connectivity index (χ1) is 8.21. The molecule has 19 heavy (non-hydrogen) atoms. The van der Waals surface area contributed by atoms with Crippen LogP contribution in [0, 0.1) is 0 Å². The highest BCUT2D eigenvalue weighted by atomic mass is 28.4. The van der Waals surface area contributed by atoms with Crippen LogP contribution < -0.4 is 0 Å². The molecule has 0 radical (unpaired) electrons. The van der Waals surface area contributed by atoms with Crippen LogP contribution in [0.1, 0.15) is 48.0 Å². The standard InChI is InChI=1S/C15H36O2Si2/c1-14(2,3)18(7,8)16-12-11-13-17-19(9,10)15(4,5)6/h11-13H2,1-10H3. The van der Waals surface area contributed by atoms with E-state index in [1.165, 1.54) is 0 Å². The van der Waals surface area contributed by atoms with Gasteiger partial charge >= 0.3 is 0 Å². The summed E-state index contributed by atoms with van der Waals surface area (Å²) < 4.78 is 12.3. The highest BCUT2D eigenvalue weighted by Gasteiger charge is 2.38. The normalized spacial score (nSPS) is 14.8. The molecule has 0 fully saturated rings. The molecule has 0 aromatic heterocycles. The van der Waals surface area contributed by atoms with Crippen molar-refractivity contribution < 1.29 is 8.85 Å². The number of hydrogen-bond acceptors (Lipinski definition) is 2. The zero-order valence-electron chi connectivity index (χ0n) is 14.9. The van der Waals surface area contributed by atoms with Crippen LogP contribution in [-0.4, -0.2) is 29.8 Å². The van der Waals surface area contributed by atoms with Crippen LogP contribution in [0.15, 0.2) is 0 Å². The fourth-order valence-electron chi connectivity index (χ4n) is 1.15. The summed E-state index contributed by atoms with van der Waals surface area (Å²) in [5, 5.41) is 0.598. The summed E-state index contributed by atoms with van der Waals surface area (Å²) in [6, 6.07) is 0. The van der Waals surface area contributed by atoms with E-state index in [-0.39, 0.29) is 0 Å². The Balaban J connectivity index is 4.03. The lowest BCUT2D eigenvalue weighted by molar-refractivity contribution is 0.223. The molecule has 0 aliphatic heterocycles. The zero-order valence-corrected chi connectivity index (χ0v) is 16.9. The molecule has 0 bridgehead atoms. The summed E-state index contributed by atoms with van der Waals surface area (Å²) in [4.78, 5) is 0. The molecule has 0 unspecified atom stereocenters. The van der Waals surface area contributed by atoms with Gasteiger partial charge in [0.05, 0.1) is 0 Å². The first kappa shape index (κ1) is 19.4. The molecule has 0 rings (SSSR count). The molecule has 0 aliphatic rings. The van der Waals surface area contributed by atoms with E-state index < -0.39 is 16.6 Å². The molecule has 0 aromatic carbocycles. The van der Waals surface area contributed by atoms with E-state index in [1.54, 1.807) is 0 Å². The van der Waals surface area contributed by atoms with Gasteiger partial charge in [0, 0.05) is 13.2 Å². The van der Waals surface area contributed by atoms with Gasteiger partial charge in [-0.2, -0.15) is 0 Å². The van der Waals surface area contributed by atoms with Gasteiger partial charge in [-0.15, -0.1) is 0 Å². The fourth-order valence-corrected chi connectivity index (χ4v) is 3.32. The molecule has 0 spiro atoms. The molecular weight excluding hydrogens is 268 g/mol. The van der Waals surface area contributed by atoms with Gasteiger partial charge in [0.15, 0.2) is 16.6 Å². The summed E-state index contributed by atoms with van der Waals surface area (Å²) in [5.41, 5.74) is 0. The van der Waals surface area contributed by atoms with Gasteiger partial charge in [0.1, 0.15) is 0 Å². The Labute approximate surface area is 123 Å². The van der Waals surface area contributed by atoms with Crippen LogP contribution in [0.25, 0.3) is 0 Å². The van der Waals surface area contributed by atoms with Gasteiger partial charge in [0.25, 0.3) is 0 Å². The molecule has 0 aliphatic carbocycles. The van der Waals surface area contributed by atoms with E-state index >= 15 is 0 Å². The third kappa shape index (κ3) is 6.11. The lowest BCUT2D eigenvalue weighted by Gasteiger charge is -2.37. The van der Waals surface area contributed by atoms with Gasteiger partial charge in [-0.25, -0.2) is 0 Å². The Kier molecular flexibility index (Phi) is 6.53. The molecule has 0 saturated heterocycles. The van der Waals surface area contributed by atoms with Crippen LogP contribution in [0.3, 0.4) is 0 Å². The van der Waals surface area contributed by atoms with E-state index in [0.29, 0.717) is 10.1 Å².